The minimum Gasteiger partial charge on any atom is -0.478 e. The van der Waals surface area contributed by atoms with Gasteiger partial charge in [0.05, 0.1) is 12.0 Å². The van der Waals surface area contributed by atoms with Crippen LogP contribution in [0.3, 0.4) is 0 Å². The number of carboxylic acid groups (broad SMARTS) is 1. The van der Waals surface area contributed by atoms with Crippen molar-refractivity contribution in [3.63, 3.8) is 0 Å². The zero-order valence-electron chi connectivity index (χ0n) is 14.9. The average Bonchev–Trinajstić information content (AvgIpc) is 3.43. The summed E-state index contributed by atoms with van der Waals surface area (Å²) in [5.74, 6) is -1.05. The van der Waals surface area contributed by atoms with Crippen molar-refractivity contribution < 1.29 is 23.5 Å². The van der Waals surface area contributed by atoms with Gasteiger partial charge in [0.1, 0.15) is 16.9 Å². The number of rotatable bonds is 5. The molecule has 0 radical (unpaired) electrons. The summed E-state index contributed by atoms with van der Waals surface area (Å²) < 4.78 is 11.3. The molecule has 29 heavy (non-hydrogen) atoms. The van der Waals surface area contributed by atoms with Crippen LogP contribution in [-0.4, -0.2) is 21.8 Å². The molecule has 5 rings (SSSR count). The second-order valence-corrected chi connectivity index (χ2v) is 7.45. The van der Waals surface area contributed by atoms with E-state index in [2.05, 4.69) is 4.98 Å². The fraction of sp³-hybridized carbons (Fsp3) is 0.0455. The summed E-state index contributed by atoms with van der Waals surface area (Å²) in [4.78, 5) is 29.3. The highest BCUT2D eigenvalue weighted by Gasteiger charge is 2.25. The van der Waals surface area contributed by atoms with Gasteiger partial charge in [-0.3, -0.25) is 4.79 Å². The lowest BCUT2D eigenvalue weighted by molar-refractivity contribution is 0.0697. The summed E-state index contributed by atoms with van der Waals surface area (Å²) in [5, 5.41) is 12.4. The molecular weight excluding hydrogens is 390 g/mol. The van der Waals surface area contributed by atoms with Crippen molar-refractivity contribution in [3.8, 4) is 11.3 Å². The van der Waals surface area contributed by atoms with E-state index in [1.54, 1.807) is 35.7 Å². The first-order valence-electron chi connectivity index (χ1n) is 8.81. The number of para-hydroxylation sites is 3. The quantitative estimate of drug-likeness (QED) is 0.394. The summed E-state index contributed by atoms with van der Waals surface area (Å²) in [7, 11) is 0. The molecule has 3 aromatic heterocycles. The van der Waals surface area contributed by atoms with Crippen molar-refractivity contribution in [2.75, 3.05) is 0 Å². The van der Waals surface area contributed by atoms with Crippen LogP contribution in [-0.2, 0) is 6.42 Å². The molecule has 2 aromatic carbocycles. The number of carbonyl (C=O) groups excluding carboxylic acids is 1. The van der Waals surface area contributed by atoms with Gasteiger partial charge in [-0.1, -0.05) is 30.3 Å². The Morgan fingerprint density at radius 2 is 1.76 bits per heavy atom. The molecule has 7 heteroatoms. The normalized spacial score (nSPS) is 11.3. The molecule has 0 atom stereocenters. The molecule has 6 nitrogen and oxygen atoms in total. The maximum atomic E-state index is 12.7. The van der Waals surface area contributed by atoms with E-state index < -0.39 is 5.97 Å². The first-order chi connectivity index (χ1) is 14.1. The Labute approximate surface area is 168 Å². The number of benzene rings is 2. The molecule has 142 valence electrons. The number of ketones is 1. The smallest absolute Gasteiger partial charge is 0.337 e. The number of hydrogen-bond acceptors (Lipinski definition) is 6. The molecule has 0 fully saturated rings. The van der Waals surface area contributed by atoms with Gasteiger partial charge < -0.3 is 13.9 Å². The Hall–Kier alpha value is -3.71. The lowest BCUT2D eigenvalue weighted by Crippen LogP contribution is -2.07. The number of thiophene rings is 1. The van der Waals surface area contributed by atoms with Crippen molar-refractivity contribution in [2.45, 2.75) is 6.42 Å². The molecule has 0 bridgehead atoms. The number of hydrogen-bond donors (Lipinski definition) is 1. The lowest BCUT2D eigenvalue weighted by atomic mass is 10.1. The van der Waals surface area contributed by atoms with E-state index >= 15 is 0 Å². The number of carboxylic acids is 1. The van der Waals surface area contributed by atoms with Crippen molar-refractivity contribution >= 4 is 45.2 Å². The van der Waals surface area contributed by atoms with Crippen LogP contribution in [0.25, 0.3) is 33.4 Å². The maximum absolute atomic E-state index is 12.7. The summed E-state index contributed by atoms with van der Waals surface area (Å²) in [6.45, 7) is 0. The van der Waals surface area contributed by atoms with E-state index in [9.17, 15) is 14.7 Å². The summed E-state index contributed by atoms with van der Waals surface area (Å²) in [6.07, 6.45) is -0.112. The van der Waals surface area contributed by atoms with Gasteiger partial charge in [0, 0.05) is 21.2 Å². The van der Waals surface area contributed by atoms with Crippen LogP contribution >= 0.6 is 11.3 Å². The Bertz CT molecular complexity index is 1320. The second kappa shape index (κ2) is 6.72. The monoisotopic (exact) mass is 403 g/mol. The molecule has 0 aliphatic carbocycles. The van der Waals surface area contributed by atoms with Gasteiger partial charge in [0.15, 0.2) is 5.58 Å². The predicted molar refractivity (Wildman–Crippen MR) is 109 cm³/mol. The van der Waals surface area contributed by atoms with Gasteiger partial charge in [-0.15, -0.1) is 11.3 Å². The minimum absolute atomic E-state index is 0.0266. The zero-order valence-corrected chi connectivity index (χ0v) is 15.7. The number of aromatic nitrogens is 1. The van der Waals surface area contributed by atoms with Crippen LogP contribution in [0.2, 0.25) is 0 Å². The molecule has 3 heterocycles. The molecule has 0 unspecified atom stereocenters. The fourth-order valence-electron chi connectivity index (χ4n) is 3.27. The third-order valence-electron chi connectivity index (χ3n) is 4.63. The Balaban J connectivity index is 1.52. The van der Waals surface area contributed by atoms with Crippen LogP contribution in [0.4, 0.5) is 0 Å². The summed E-state index contributed by atoms with van der Waals surface area (Å²) in [5.41, 5.74) is 2.30. The first kappa shape index (κ1) is 17.4. The molecule has 0 aliphatic heterocycles. The molecular formula is C22H13NO5S. The van der Waals surface area contributed by atoms with Gasteiger partial charge >= 0.3 is 5.97 Å². The van der Waals surface area contributed by atoms with Gasteiger partial charge in [0.2, 0.25) is 5.78 Å². The summed E-state index contributed by atoms with van der Waals surface area (Å²) >= 11 is 1.21. The second-order valence-electron chi connectivity index (χ2n) is 6.49. The summed E-state index contributed by atoms with van der Waals surface area (Å²) in [6, 6.07) is 16.3. The SMILES string of the molecule is O=C(Cc1scc(-c2cc3ccccc3o2)c1C(=O)O)c1nc2ccccc2o1. The topological polar surface area (TPSA) is 93.5 Å². The van der Waals surface area contributed by atoms with Crippen LogP contribution in [0.1, 0.15) is 25.9 Å². The Morgan fingerprint density at radius 3 is 2.52 bits per heavy atom. The zero-order chi connectivity index (χ0) is 20.0. The van der Waals surface area contributed by atoms with Crippen molar-refractivity contribution in [2.24, 2.45) is 0 Å². The molecule has 1 N–H and O–H groups in total. The number of furan rings is 1. The van der Waals surface area contributed by atoms with E-state index in [1.165, 1.54) is 11.3 Å². The molecule has 0 spiro atoms. The third kappa shape index (κ3) is 3.01. The Kier molecular flexibility index (Phi) is 4.03. The van der Waals surface area contributed by atoms with E-state index in [4.69, 9.17) is 8.83 Å². The fourth-order valence-corrected chi connectivity index (χ4v) is 4.30. The van der Waals surface area contributed by atoms with E-state index in [0.717, 1.165) is 5.39 Å². The molecule has 0 amide bonds. The third-order valence-corrected chi connectivity index (χ3v) is 5.61. The van der Waals surface area contributed by atoms with Crippen LogP contribution in [0.5, 0.6) is 0 Å². The predicted octanol–water partition coefficient (Wildman–Crippen LogP) is 5.43. The number of oxazole rings is 1. The number of aromatic carboxylic acids is 1. The standard InChI is InChI=1S/C22H13NO5S/c24-15(21-23-14-6-2-4-8-17(14)28-21)10-19-20(22(25)26)13(11-29-19)18-9-12-5-1-3-7-16(12)27-18/h1-9,11H,10H2,(H,25,26). The van der Waals surface area contributed by atoms with Crippen molar-refractivity contribution in [1.82, 2.24) is 4.98 Å². The van der Waals surface area contributed by atoms with E-state index in [1.807, 2.05) is 24.3 Å². The van der Waals surface area contributed by atoms with Gasteiger partial charge in [-0.05, 0) is 24.3 Å². The highest BCUT2D eigenvalue weighted by Crippen LogP contribution is 2.36. The Morgan fingerprint density at radius 1 is 1.00 bits per heavy atom. The first-order valence-corrected chi connectivity index (χ1v) is 9.69. The minimum atomic E-state index is -1.11. The van der Waals surface area contributed by atoms with Crippen LogP contribution < -0.4 is 0 Å². The molecule has 0 saturated carbocycles. The van der Waals surface area contributed by atoms with Gasteiger partial charge in [0.25, 0.3) is 5.89 Å². The van der Waals surface area contributed by atoms with E-state index in [-0.39, 0.29) is 23.7 Å². The van der Waals surface area contributed by atoms with E-state index in [0.29, 0.717) is 32.9 Å². The number of Topliss-reactive ketones (excluding diaryl/α,β-unsaturated/α-hetero) is 1. The maximum Gasteiger partial charge on any atom is 0.337 e. The lowest BCUT2D eigenvalue weighted by Gasteiger charge is -2.00. The van der Waals surface area contributed by atoms with Crippen molar-refractivity contribution in [3.05, 3.63) is 76.3 Å². The highest BCUT2D eigenvalue weighted by molar-refractivity contribution is 7.11. The van der Waals surface area contributed by atoms with Gasteiger partial charge in [-0.2, -0.15) is 0 Å². The van der Waals surface area contributed by atoms with Gasteiger partial charge in [-0.25, -0.2) is 9.78 Å². The number of nitrogens with zero attached hydrogens (tertiary/aromatic N) is 1. The molecule has 5 aromatic rings. The molecule has 0 aliphatic rings. The average molecular weight is 403 g/mol. The highest BCUT2D eigenvalue weighted by atomic mass is 32.1. The van der Waals surface area contributed by atoms with Crippen molar-refractivity contribution in [1.29, 1.82) is 0 Å². The number of carbonyl (C=O) groups is 2. The van der Waals surface area contributed by atoms with Crippen LogP contribution in [0.15, 0.2) is 68.8 Å². The molecule has 0 saturated heterocycles. The largest absolute Gasteiger partial charge is 0.478 e. The number of fused-ring (bicyclic) bond motifs is 2. The van der Waals surface area contributed by atoms with Crippen LogP contribution in [0, 0.1) is 0 Å².